The van der Waals surface area contributed by atoms with Crippen LogP contribution in [0, 0.1) is 0 Å². The Morgan fingerprint density at radius 2 is 1.86 bits per heavy atom. The Balaban J connectivity index is 1.59. The van der Waals surface area contributed by atoms with Crippen molar-refractivity contribution in [3.63, 3.8) is 0 Å². The van der Waals surface area contributed by atoms with Crippen molar-refractivity contribution in [2.24, 2.45) is 5.73 Å². The largest absolute Gasteiger partial charge is 0.326 e. The van der Waals surface area contributed by atoms with Crippen LogP contribution in [0.1, 0.15) is 64.8 Å². The van der Waals surface area contributed by atoms with E-state index in [0.717, 1.165) is 36.1 Å². The molecule has 1 aliphatic carbocycles. The van der Waals surface area contributed by atoms with E-state index in [1.807, 2.05) is 13.1 Å². The van der Waals surface area contributed by atoms with Crippen LogP contribution in [-0.4, -0.2) is 58.6 Å². The van der Waals surface area contributed by atoms with Crippen molar-refractivity contribution in [1.82, 2.24) is 15.1 Å². The zero-order chi connectivity index (χ0) is 20.7. The second kappa shape index (κ2) is 7.68. The highest BCUT2D eigenvalue weighted by molar-refractivity contribution is 6.24. The van der Waals surface area contributed by atoms with Gasteiger partial charge in [0.05, 0.1) is 11.1 Å². The summed E-state index contributed by atoms with van der Waals surface area (Å²) in [6, 6.07) is 4.63. The van der Waals surface area contributed by atoms with Crippen LogP contribution in [0.2, 0.25) is 0 Å². The number of fused-ring (bicyclic) bond motifs is 1. The van der Waals surface area contributed by atoms with Crippen molar-refractivity contribution in [3.05, 3.63) is 34.9 Å². The maximum absolute atomic E-state index is 13.2. The summed E-state index contributed by atoms with van der Waals surface area (Å²) in [6.07, 6.45) is 4.54. The minimum atomic E-state index is -0.947. The number of likely N-dealkylation sites (N-methyl/N-ethyl adjacent to an activating group) is 1. The number of nitrogens with one attached hydrogen (secondary N) is 1. The predicted molar refractivity (Wildman–Crippen MR) is 105 cm³/mol. The summed E-state index contributed by atoms with van der Waals surface area (Å²) in [6.45, 7) is 0.504. The fourth-order valence-electron chi connectivity index (χ4n) is 4.79. The van der Waals surface area contributed by atoms with Crippen LogP contribution in [0.4, 0.5) is 0 Å². The van der Waals surface area contributed by atoms with Crippen LogP contribution in [0.25, 0.3) is 0 Å². The van der Waals surface area contributed by atoms with Crippen LogP contribution in [0.15, 0.2) is 18.2 Å². The summed E-state index contributed by atoms with van der Waals surface area (Å²) >= 11 is 0. The monoisotopic (exact) mass is 398 g/mol. The molecule has 8 nitrogen and oxygen atoms in total. The van der Waals surface area contributed by atoms with Gasteiger partial charge in [0.1, 0.15) is 6.04 Å². The number of nitrogens with zero attached hydrogens (tertiary/aromatic N) is 2. The highest BCUT2D eigenvalue weighted by Crippen LogP contribution is 2.31. The molecule has 1 saturated heterocycles. The number of nitrogens with two attached hydrogens (primary N) is 1. The molecule has 1 unspecified atom stereocenters. The highest BCUT2D eigenvalue weighted by Gasteiger charge is 2.45. The molecule has 3 aliphatic rings. The minimum absolute atomic E-state index is 0.0998. The molecule has 1 aromatic carbocycles. The Hall–Kier alpha value is -2.58. The number of rotatable bonds is 4. The lowest BCUT2D eigenvalue weighted by Crippen LogP contribution is -2.54. The van der Waals surface area contributed by atoms with Gasteiger partial charge in [-0.25, -0.2) is 0 Å². The molecule has 2 fully saturated rings. The van der Waals surface area contributed by atoms with E-state index in [1.165, 1.54) is 0 Å². The van der Waals surface area contributed by atoms with Gasteiger partial charge in [0.25, 0.3) is 11.8 Å². The van der Waals surface area contributed by atoms with Gasteiger partial charge in [-0.15, -0.1) is 0 Å². The van der Waals surface area contributed by atoms with Crippen molar-refractivity contribution in [3.8, 4) is 0 Å². The van der Waals surface area contributed by atoms with Gasteiger partial charge in [-0.1, -0.05) is 25.0 Å². The average Bonchev–Trinajstić information content (AvgIpc) is 2.94. The van der Waals surface area contributed by atoms with Gasteiger partial charge < -0.3 is 5.73 Å². The van der Waals surface area contributed by atoms with Gasteiger partial charge in [-0.2, -0.15) is 0 Å². The van der Waals surface area contributed by atoms with E-state index in [9.17, 15) is 19.2 Å². The van der Waals surface area contributed by atoms with E-state index in [2.05, 4.69) is 10.2 Å². The number of imide groups is 2. The minimum Gasteiger partial charge on any atom is -0.326 e. The quantitative estimate of drug-likeness (QED) is 0.725. The Kier molecular flexibility index (Phi) is 5.23. The Bertz CT molecular complexity index is 883. The third-order valence-electron chi connectivity index (χ3n) is 6.32. The van der Waals surface area contributed by atoms with E-state index < -0.39 is 23.8 Å². The second-order valence-corrected chi connectivity index (χ2v) is 8.22. The number of amides is 4. The van der Waals surface area contributed by atoms with E-state index in [0.29, 0.717) is 17.7 Å². The van der Waals surface area contributed by atoms with Crippen LogP contribution >= 0.6 is 0 Å². The van der Waals surface area contributed by atoms with Crippen LogP contribution in [0.5, 0.6) is 0 Å². The first-order valence-corrected chi connectivity index (χ1v) is 10.2. The third kappa shape index (κ3) is 3.47. The number of carbonyl (C=O) groups is 4. The molecule has 29 heavy (non-hydrogen) atoms. The second-order valence-electron chi connectivity index (χ2n) is 8.22. The first-order chi connectivity index (χ1) is 13.9. The third-order valence-corrected chi connectivity index (χ3v) is 6.32. The maximum atomic E-state index is 13.2. The molecule has 1 aromatic rings. The summed E-state index contributed by atoms with van der Waals surface area (Å²) in [5.74, 6) is -1.91. The van der Waals surface area contributed by atoms with Gasteiger partial charge in [0, 0.05) is 25.0 Å². The van der Waals surface area contributed by atoms with Crippen molar-refractivity contribution < 1.29 is 19.2 Å². The molecular weight excluding hydrogens is 372 g/mol. The number of hydrogen-bond acceptors (Lipinski definition) is 6. The maximum Gasteiger partial charge on any atom is 0.262 e. The molecule has 0 aromatic heterocycles. The lowest BCUT2D eigenvalue weighted by Gasteiger charge is -2.36. The molecule has 2 aliphatic heterocycles. The van der Waals surface area contributed by atoms with Crippen LogP contribution in [0.3, 0.4) is 0 Å². The molecule has 0 bridgehead atoms. The van der Waals surface area contributed by atoms with E-state index in [1.54, 1.807) is 12.1 Å². The van der Waals surface area contributed by atoms with Gasteiger partial charge in [0.2, 0.25) is 11.8 Å². The summed E-state index contributed by atoms with van der Waals surface area (Å²) < 4.78 is 0. The molecule has 0 spiro atoms. The normalized spacial score (nSPS) is 27.4. The average molecular weight is 398 g/mol. The Morgan fingerprint density at radius 3 is 2.59 bits per heavy atom. The fourth-order valence-corrected chi connectivity index (χ4v) is 4.79. The Labute approximate surface area is 169 Å². The molecular formula is C21H26N4O4. The predicted octanol–water partition coefficient (Wildman–Crippen LogP) is 0.790. The van der Waals surface area contributed by atoms with E-state index >= 15 is 0 Å². The van der Waals surface area contributed by atoms with Gasteiger partial charge >= 0.3 is 0 Å². The molecule has 4 amide bonds. The smallest absolute Gasteiger partial charge is 0.262 e. The number of benzene rings is 1. The fraction of sp³-hybridized carbons (Fsp3) is 0.524. The van der Waals surface area contributed by atoms with Crippen LogP contribution in [-0.2, 0) is 16.1 Å². The molecule has 3 atom stereocenters. The summed E-state index contributed by atoms with van der Waals surface area (Å²) in [4.78, 5) is 53.0. The Morgan fingerprint density at radius 1 is 1.10 bits per heavy atom. The van der Waals surface area contributed by atoms with Crippen molar-refractivity contribution in [1.29, 1.82) is 0 Å². The number of carbonyl (C=O) groups excluding carboxylic acids is 4. The molecule has 154 valence electrons. The topological polar surface area (TPSA) is 113 Å². The van der Waals surface area contributed by atoms with E-state index in [-0.39, 0.29) is 30.8 Å². The summed E-state index contributed by atoms with van der Waals surface area (Å²) in [5.41, 5.74) is 7.74. The standard InChI is InChI=1S/C21H26N4O4/c1-24(15-8-3-2-7-14(15)22)11-12-5-4-6-13-18(12)21(29)25(20(13)28)16-9-10-17(26)23-19(16)27/h4-6,14-16H,2-3,7-11,22H2,1H3,(H,23,26,27)/t14-,15+,16?/m0/s1. The van der Waals surface area contributed by atoms with Crippen molar-refractivity contribution in [2.45, 2.75) is 63.2 Å². The highest BCUT2D eigenvalue weighted by atomic mass is 16.2. The molecule has 2 heterocycles. The van der Waals surface area contributed by atoms with Gasteiger partial charge in [-0.3, -0.25) is 34.3 Å². The SMILES string of the molecule is CN(Cc1cccc2c1C(=O)N(C1CCC(=O)NC1=O)C2=O)[C@@H]1CCCC[C@@H]1N. The van der Waals surface area contributed by atoms with Crippen molar-refractivity contribution >= 4 is 23.6 Å². The van der Waals surface area contributed by atoms with Gasteiger partial charge in [-0.05, 0) is 37.9 Å². The summed E-state index contributed by atoms with van der Waals surface area (Å²) in [5, 5.41) is 2.22. The number of piperidine rings is 1. The van der Waals surface area contributed by atoms with E-state index in [4.69, 9.17) is 5.73 Å². The summed E-state index contributed by atoms with van der Waals surface area (Å²) in [7, 11) is 1.99. The lowest BCUT2D eigenvalue weighted by molar-refractivity contribution is -0.136. The zero-order valence-corrected chi connectivity index (χ0v) is 16.5. The van der Waals surface area contributed by atoms with Crippen LogP contribution < -0.4 is 11.1 Å². The molecule has 0 radical (unpaired) electrons. The molecule has 1 saturated carbocycles. The zero-order valence-electron chi connectivity index (χ0n) is 16.5. The number of hydrogen-bond donors (Lipinski definition) is 2. The lowest BCUT2D eigenvalue weighted by atomic mass is 9.89. The molecule has 4 rings (SSSR count). The first kappa shape index (κ1) is 19.7. The first-order valence-electron chi connectivity index (χ1n) is 10.2. The van der Waals surface area contributed by atoms with Crippen molar-refractivity contribution in [2.75, 3.05) is 7.05 Å². The molecule has 3 N–H and O–H groups in total. The van der Waals surface area contributed by atoms with Gasteiger partial charge in [0.15, 0.2) is 0 Å². The molecule has 8 heteroatoms.